The van der Waals surface area contributed by atoms with Crippen LogP contribution in [0.5, 0.6) is 0 Å². The zero-order chi connectivity index (χ0) is 15.3. The van der Waals surface area contributed by atoms with Crippen LogP contribution in [-0.2, 0) is 11.3 Å². The normalized spacial score (nSPS) is 19.0. The number of carbonyl (C=O) groups is 1. The van der Waals surface area contributed by atoms with Gasteiger partial charge >= 0.3 is 0 Å². The number of aryl methyl sites for hydroxylation is 1. The third-order valence-corrected chi connectivity index (χ3v) is 5.21. The molecule has 4 N–H and O–H groups in total. The molecule has 1 amide bonds. The van der Waals surface area contributed by atoms with Crippen LogP contribution in [0.25, 0.3) is 0 Å². The third-order valence-electron chi connectivity index (χ3n) is 4.21. The van der Waals surface area contributed by atoms with Gasteiger partial charge < -0.3 is 16.3 Å². The number of carbonyl (C=O) groups excluding carboxylic acids is 1. The summed E-state index contributed by atoms with van der Waals surface area (Å²) in [6.07, 6.45) is 5.36. The SMILES string of the molecule is Cc1ccc(CNC(=O)C2(C(N)=NO)CCCCCC2)s1. The topological polar surface area (TPSA) is 87.7 Å². The van der Waals surface area contributed by atoms with Crippen molar-refractivity contribution in [3.05, 3.63) is 21.9 Å². The number of oxime groups is 1. The summed E-state index contributed by atoms with van der Waals surface area (Å²) >= 11 is 1.67. The van der Waals surface area contributed by atoms with E-state index in [1.165, 1.54) is 4.88 Å². The molecule has 0 bridgehead atoms. The molecule has 6 heteroatoms. The molecule has 0 saturated heterocycles. The Morgan fingerprint density at radius 1 is 1.38 bits per heavy atom. The van der Waals surface area contributed by atoms with Crippen LogP contribution >= 0.6 is 11.3 Å². The van der Waals surface area contributed by atoms with Gasteiger partial charge in [0.15, 0.2) is 5.84 Å². The molecular formula is C15H23N3O2S. The average molecular weight is 309 g/mol. The number of nitrogens with two attached hydrogens (primary N) is 1. The predicted octanol–water partition coefficient (Wildman–Crippen LogP) is 2.76. The fraction of sp³-hybridized carbons (Fsp3) is 0.600. The molecule has 0 radical (unpaired) electrons. The lowest BCUT2D eigenvalue weighted by molar-refractivity contribution is -0.128. The highest BCUT2D eigenvalue weighted by molar-refractivity contribution is 7.11. The molecule has 2 rings (SSSR count). The van der Waals surface area contributed by atoms with Crippen molar-refractivity contribution in [3.8, 4) is 0 Å². The fourth-order valence-corrected chi connectivity index (χ4v) is 3.77. The number of hydrogen-bond acceptors (Lipinski definition) is 4. The summed E-state index contributed by atoms with van der Waals surface area (Å²) in [5, 5.41) is 15.2. The number of nitrogens with zero attached hydrogens (tertiary/aromatic N) is 1. The molecule has 0 spiro atoms. The molecule has 0 unspecified atom stereocenters. The van der Waals surface area contributed by atoms with Crippen molar-refractivity contribution in [2.45, 2.75) is 52.0 Å². The Bertz CT molecular complexity index is 517. The Morgan fingerprint density at radius 2 is 2.05 bits per heavy atom. The van der Waals surface area contributed by atoms with Gasteiger partial charge in [-0.2, -0.15) is 0 Å². The molecule has 21 heavy (non-hydrogen) atoms. The summed E-state index contributed by atoms with van der Waals surface area (Å²) < 4.78 is 0. The van der Waals surface area contributed by atoms with Crippen LogP contribution in [0, 0.1) is 12.3 Å². The van der Waals surface area contributed by atoms with Gasteiger partial charge in [-0.05, 0) is 31.9 Å². The highest BCUT2D eigenvalue weighted by Crippen LogP contribution is 2.35. The minimum Gasteiger partial charge on any atom is -0.409 e. The number of hydrogen-bond donors (Lipinski definition) is 3. The Hall–Kier alpha value is -1.56. The smallest absolute Gasteiger partial charge is 0.234 e. The Labute approximate surface area is 129 Å². The van der Waals surface area contributed by atoms with Gasteiger partial charge in [0, 0.05) is 9.75 Å². The van der Waals surface area contributed by atoms with E-state index in [1.807, 2.05) is 19.1 Å². The quantitative estimate of drug-likeness (QED) is 0.263. The van der Waals surface area contributed by atoms with E-state index in [1.54, 1.807) is 11.3 Å². The van der Waals surface area contributed by atoms with E-state index >= 15 is 0 Å². The number of thiophene rings is 1. The molecule has 1 saturated carbocycles. The van der Waals surface area contributed by atoms with Crippen LogP contribution in [-0.4, -0.2) is 17.0 Å². The van der Waals surface area contributed by atoms with Crippen molar-refractivity contribution in [2.75, 3.05) is 0 Å². The first-order valence-electron chi connectivity index (χ1n) is 7.40. The van der Waals surface area contributed by atoms with Crippen molar-refractivity contribution in [3.63, 3.8) is 0 Å². The number of amidine groups is 1. The van der Waals surface area contributed by atoms with Crippen LogP contribution in [0.4, 0.5) is 0 Å². The minimum absolute atomic E-state index is 0.0456. The first-order valence-corrected chi connectivity index (χ1v) is 8.22. The van der Waals surface area contributed by atoms with Gasteiger partial charge in [-0.1, -0.05) is 30.8 Å². The van der Waals surface area contributed by atoms with Crippen molar-refractivity contribution in [1.82, 2.24) is 5.32 Å². The Balaban J connectivity index is 2.10. The van der Waals surface area contributed by atoms with Crippen molar-refractivity contribution in [2.24, 2.45) is 16.3 Å². The molecule has 116 valence electrons. The van der Waals surface area contributed by atoms with Gasteiger partial charge in [-0.15, -0.1) is 11.3 Å². The van der Waals surface area contributed by atoms with Gasteiger partial charge in [0.25, 0.3) is 0 Å². The van der Waals surface area contributed by atoms with Crippen molar-refractivity contribution < 1.29 is 10.0 Å². The molecule has 1 aliphatic carbocycles. The molecule has 1 aromatic heterocycles. The molecule has 0 aromatic carbocycles. The van der Waals surface area contributed by atoms with Crippen LogP contribution < -0.4 is 11.1 Å². The molecular weight excluding hydrogens is 286 g/mol. The summed E-state index contributed by atoms with van der Waals surface area (Å²) in [5.41, 5.74) is 5.02. The van der Waals surface area contributed by atoms with Gasteiger partial charge in [-0.25, -0.2) is 0 Å². The summed E-state index contributed by atoms with van der Waals surface area (Å²) in [5.74, 6) is -0.0741. The molecule has 5 nitrogen and oxygen atoms in total. The second kappa shape index (κ2) is 6.93. The summed E-state index contributed by atoms with van der Waals surface area (Å²) in [6.45, 7) is 2.54. The third kappa shape index (κ3) is 3.56. The second-order valence-corrected chi connectivity index (χ2v) is 7.05. The molecule has 0 aliphatic heterocycles. The number of rotatable bonds is 4. The maximum atomic E-state index is 12.7. The molecule has 1 heterocycles. The molecule has 1 fully saturated rings. The second-order valence-electron chi connectivity index (χ2n) is 5.68. The monoisotopic (exact) mass is 309 g/mol. The zero-order valence-electron chi connectivity index (χ0n) is 12.4. The summed E-state index contributed by atoms with van der Waals surface area (Å²) in [6, 6.07) is 4.06. The van der Waals surface area contributed by atoms with Crippen molar-refractivity contribution >= 4 is 23.1 Å². The highest BCUT2D eigenvalue weighted by Gasteiger charge is 2.42. The first kappa shape index (κ1) is 15.8. The van der Waals surface area contributed by atoms with E-state index in [9.17, 15) is 4.79 Å². The number of amides is 1. The molecule has 1 aliphatic rings. The van der Waals surface area contributed by atoms with Gasteiger partial charge in [0.1, 0.15) is 5.41 Å². The molecule has 0 atom stereocenters. The van der Waals surface area contributed by atoms with E-state index in [0.29, 0.717) is 19.4 Å². The van der Waals surface area contributed by atoms with Crippen LogP contribution in [0.2, 0.25) is 0 Å². The Kier molecular flexibility index (Phi) is 5.22. The van der Waals surface area contributed by atoms with Crippen LogP contribution in [0.1, 0.15) is 48.3 Å². The average Bonchev–Trinajstić information content (AvgIpc) is 2.76. The lowest BCUT2D eigenvalue weighted by Crippen LogP contribution is -2.49. The van der Waals surface area contributed by atoms with Gasteiger partial charge in [-0.3, -0.25) is 4.79 Å². The van der Waals surface area contributed by atoms with Gasteiger partial charge in [0.2, 0.25) is 5.91 Å². The maximum absolute atomic E-state index is 12.7. The van der Waals surface area contributed by atoms with Crippen molar-refractivity contribution in [1.29, 1.82) is 0 Å². The standard InChI is InChI=1S/C15H23N3O2S/c1-11-6-7-12(21-11)10-17-14(19)15(13(16)18-20)8-4-2-3-5-9-15/h6-7,20H,2-5,8-10H2,1H3,(H2,16,18)(H,17,19). The maximum Gasteiger partial charge on any atom is 0.234 e. The van der Waals surface area contributed by atoms with E-state index in [0.717, 1.165) is 30.6 Å². The van der Waals surface area contributed by atoms with Crippen LogP contribution in [0.3, 0.4) is 0 Å². The Morgan fingerprint density at radius 3 is 2.57 bits per heavy atom. The first-order chi connectivity index (χ1) is 10.1. The highest BCUT2D eigenvalue weighted by atomic mass is 32.1. The number of nitrogens with one attached hydrogen (secondary N) is 1. The lowest BCUT2D eigenvalue weighted by Gasteiger charge is -2.29. The minimum atomic E-state index is -0.850. The zero-order valence-corrected chi connectivity index (χ0v) is 13.2. The van der Waals surface area contributed by atoms with Crippen LogP contribution in [0.15, 0.2) is 17.3 Å². The lowest BCUT2D eigenvalue weighted by atomic mass is 9.78. The fourth-order valence-electron chi connectivity index (χ4n) is 2.94. The summed E-state index contributed by atoms with van der Waals surface area (Å²) in [4.78, 5) is 15.0. The largest absolute Gasteiger partial charge is 0.409 e. The van der Waals surface area contributed by atoms with E-state index in [2.05, 4.69) is 10.5 Å². The van der Waals surface area contributed by atoms with E-state index < -0.39 is 5.41 Å². The van der Waals surface area contributed by atoms with Gasteiger partial charge in [0.05, 0.1) is 6.54 Å². The summed E-state index contributed by atoms with van der Waals surface area (Å²) in [7, 11) is 0. The molecule has 1 aromatic rings. The predicted molar refractivity (Wildman–Crippen MR) is 84.4 cm³/mol. The van der Waals surface area contributed by atoms with E-state index in [4.69, 9.17) is 10.9 Å². The van der Waals surface area contributed by atoms with E-state index in [-0.39, 0.29) is 11.7 Å².